The van der Waals surface area contributed by atoms with Crippen LogP contribution in [0.25, 0.3) is 33.4 Å². The van der Waals surface area contributed by atoms with Crippen molar-refractivity contribution in [1.29, 1.82) is 0 Å². The Morgan fingerprint density at radius 1 is 0.645 bits per heavy atom. The van der Waals surface area contributed by atoms with Crippen LogP contribution in [0.15, 0.2) is 84.9 Å². The maximum Gasteiger partial charge on any atom is 0.150 e. The Kier molecular flexibility index (Phi) is 6.53. The SMILES string of the molecule is CCCCc1ccc(-c2ccc(-c3ccc(-c4ccc(C)cc4)c(F)c3Cl)cc2)cc1. The summed E-state index contributed by atoms with van der Waals surface area (Å²) in [6, 6.07) is 28.4. The molecule has 4 aromatic rings. The molecular formula is C29H26ClF. The topological polar surface area (TPSA) is 0 Å². The van der Waals surface area contributed by atoms with Crippen molar-refractivity contribution in [2.75, 3.05) is 0 Å². The molecule has 0 nitrogen and oxygen atoms in total. The van der Waals surface area contributed by atoms with Crippen LogP contribution in [0.4, 0.5) is 4.39 Å². The van der Waals surface area contributed by atoms with Crippen molar-refractivity contribution in [2.24, 2.45) is 0 Å². The molecule has 0 aliphatic heterocycles. The highest BCUT2D eigenvalue weighted by molar-refractivity contribution is 6.33. The number of halogens is 2. The van der Waals surface area contributed by atoms with Crippen molar-refractivity contribution in [2.45, 2.75) is 33.1 Å². The molecule has 0 radical (unpaired) electrons. The van der Waals surface area contributed by atoms with Gasteiger partial charge >= 0.3 is 0 Å². The second-order valence-electron chi connectivity index (χ2n) is 8.03. The summed E-state index contributed by atoms with van der Waals surface area (Å²) in [4.78, 5) is 0. The van der Waals surface area contributed by atoms with Crippen molar-refractivity contribution in [3.05, 3.63) is 107 Å². The second kappa shape index (κ2) is 9.49. The van der Waals surface area contributed by atoms with E-state index in [0.29, 0.717) is 11.1 Å². The summed E-state index contributed by atoms with van der Waals surface area (Å²) in [5.74, 6) is -0.380. The summed E-state index contributed by atoms with van der Waals surface area (Å²) >= 11 is 6.45. The maximum atomic E-state index is 15.1. The lowest BCUT2D eigenvalue weighted by atomic mass is 9.96. The van der Waals surface area contributed by atoms with E-state index in [0.717, 1.165) is 28.7 Å². The molecule has 0 bridgehead atoms. The first-order chi connectivity index (χ1) is 15.1. The molecule has 0 spiro atoms. The average Bonchev–Trinajstić information content (AvgIpc) is 2.81. The summed E-state index contributed by atoms with van der Waals surface area (Å²) in [6.07, 6.45) is 3.55. The van der Waals surface area contributed by atoms with E-state index in [4.69, 9.17) is 11.6 Å². The molecular weight excluding hydrogens is 403 g/mol. The molecule has 0 aliphatic carbocycles. The molecule has 0 heterocycles. The van der Waals surface area contributed by atoms with Crippen LogP contribution >= 0.6 is 11.6 Å². The molecule has 31 heavy (non-hydrogen) atoms. The summed E-state index contributed by atoms with van der Waals surface area (Å²) in [7, 11) is 0. The largest absolute Gasteiger partial charge is 0.205 e. The van der Waals surface area contributed by atoms with Crippen LogP contribution in [0.5, 0.6) is 0 Å². The Labute approximate surface area is 189 Å². The minimum absolute atomic E-state index is 0.158. The Morgan fingerprint density at radius 2 is 1.13 bits per heavy atom. The van der Waals surface area contributed by atoms with E-state index < -0.39 is 0 Å². The fraction of sp³-hybridized carbons (Fsp3) is 0.172. The summed E-state index contributed by atoms with van der Waals surface area (Å²) < 4.78 is 15.1. The smallest absolute Gasteiger partial charge is 0.150 e. The third-order valence-corrected chi connectivity index (χ3v) is 6.12. The lowest BCUT2D eigenvalue weighted by molar-refractivity contribution is 0.632. The molecule has 2 heteroatoms. The highest BCUT2D eigenvalue weighted by Gasteiger charge is 2.14. The van der Waals surface area contributed by atoms with Gasteiger partial charge in [0.2, 0.25) is 0 Å². The number of hydrogen-bond donors (Lipinski definition) is 0. The van der Waals surface area contributed by atoms with Gasteiger partial charge in [-0.3, -0.25) is 0 Å². The lowest BCUT2D eigenvalue weighted by Gasteiger charge is -2.11. The molecule has 0 unspecified atom stereocenters. The Morgan fingerprint density at radius 3 is 1.74 bits per heavy atom. The second-order valence-corrected chi connectivity index (χ2v) is 8.41. The van der Waals surface area contributed by atoms with Crippen LogP contribution in [0.1, 0.15) is 30.9 Å². The third kappa shape index (κ3) is 4.73. The molecule has 4 rings (SSSR count). The monoisotopic (exact) mass is 428 g/mol. The van der Waals surface area contributed by atoms with E-state index in [-0.39, 0.29) is 10.8 Å². The van der Waals surface area contributed by atoms with Crippen molar-refractivity contribution in [3.8, 4) is 33.4 Å². The fourth-order valence-corrected chi connectivity index (χ4v) is 4.09. The first-order valence-corrected chi connectivity index (χ1v) is 11.2. The van der Waals surface area contributed by atoms with E-state index in [1.807, 2.05) is 55.5 Å². The Balaban J connectivity index is 1.59. The van der Waals surface area contributed by atoms with Crippen LogP contribution in [0, 0.1) is 12.7 Å². The van der Waals surface area contributed by atoms with Crippen molar-refractivity contribution in [1.82, 2.24) is 0 Å². The van der Waals surface area contributed by atoms with Gasteiger partial charge in [0.05, 0.1) is 5.02 Å². The van der Waals surface area contributed by atoms with Crippen molar-refractivity contribution in [3.63, 3.8) is 0 Å². The van der Waals surface area contributed by atoms with Crippen LogP contribution < -0.4 is 0 Å². The average molecular weight is 429 g/mol. The van der Waals surface area contributed by atoms with Crippen LogP contribution in [0.2, 0.25) is 5.02 Å². The molecule has 0 fully saturated rings. The molecule has 0 aliphatic rings. The van der Waals surface area contributed by atoms with Crippen molar-refractivity contribution < 1.29 is 4.39 Å². The van der Waals surface area contributed by atoms with Crippen LogP contribution in [-0.2, 0) is 6.42 Å². The normalized spacial score (nSPS) is 11.0. The van der Waals surface area contributed by atoms with Gasteiger partial charge in [-0.1, -0.05) is 115 Å². The zero-order valence-corrected chi connectivity index (χ0v) is 18.7. The minimum Gasteiger partial charge on any atom is -0.205 e. The van der Waals surface area contributed by atoms with E-state index in [2.05, 4.69) is 43.3 Å². The van der Waals surface area contributed by atoms with Gasteiger partial charge in [0.25, 0.3) is 0 Å². The summed E-state index contributed by atoms with van der Waals surface area (Å²) in [5.41, 5.74) is 7.79. The van der Waals surface area contributed by atoms with Gasteiger partial charge in [0, 0.05) is 11.1 Å². The maximum absolute atomic E-state index is 15.1. The third-order valence-electron chi connectivity index (χ3n) is 5.75. The van der Waals surface area contributed by atoms with Gasteiger partial charge in [-0.15, -0.1) is 0 Å². The summed E-state index contributed by atoms with van der Waals surface area (Å²) in [5, 5.41) is 0.158. The molecule has 0 saturated heterocycles. The van der Waals surface area contributed by atoms with Crippen molar-refractivity contribution >= 4 is 11.6 Å². The minimum atomic E-state index is -0.380. The number of benzene rings is 4. The zero-order valence-electron chi connectivity index (χ0n) is 18.0. The number of aryl methyl sites for hydroxylation is 2. The molecule has 4 aromatic carbocycles. The summed E-state index contributed by atoms with van der Waals surface area (Å²) in [6.45, 7) is 4.23. The molecule has 0 amide bonds. The highest BCUT2D eigenvalue weighted by Crippen LogP contribution is 2.36. The predicted molar refractivity (Wildman–Crippen MR) is 131 cm³/mol. The first kappa shape index (κ1) is 21.3. The van der Waals surface area contributed by atoms with Crippen LogP contribution in [0.3, 0.4) is 0 Å². The number of rotatable bonds is 6. The molecule has 0 atom stereocenters. The molecule has 156 valence electrons. The van der Waals surface area contributed by atoms with E-state index >= 15 is 4.39 Å². The number of unbranched alkanes of at least 4 members (excludes halogenated alkanes) is 1. The Hall–Kier alpha value is -2.90. The van der Waals surface area contributed by atoms with Gasteiger partial charge in [0.15, 0.2) is 0 Å². The van der Waals surface area contributed by atoms with Crippen LogP contribution in [-0.4, -0.2) is 0 Å². The molecule has 0 aromatic heterocycles. The standard InChI is InChI=1S/C29H26ClF/c1-3-4-5-21-8-12-22(13-9-21)23-14-16-24(17-15-23)26-18-19-27(29(31)28(26)30)25-10-6-20(2)7-11-25/h6-19H,3-5H2,1-2H3. The first-order valence-electron chi connectivity index (χ1n) is 10.8. The van der Waals surface area contributed by atoms with E-state index in [1.165, 1.54) is 24.0 Å². The molecule has 0 saturated carbocycles. The fourth-order valence-electron chi connectivity index (χ4n) is 3.82. The predicted octanol–water partition coefficient (Wildman–Crippen LogP) is 9.13. The van der Waals surface area contributed by atoms with E-state index in [9.17, 15) is 0 Å². The van der Waals surface area contributed by atoms with Gasteiger partial charge in [-0.2, -0.15) is 0 Å². The number of hydrogen-bond acceptors (Lipinski definition) is 0. The quantitative estimate of drug-likeness (QED) is 0.287. The zero-order chi connectivity index (χ0) is 21.8. The van der Waals surface area contributed by atoms with Gasteiger partial charge in [0.1, 0.15) is 5.82 Å². The molecule has 0 N–H and O–H groups in total. The van der Waals surface area contributed by atoms with Gasteiger partial charge < -0.3 is 0 Å². The van der Waals surface area contributed by atoms with Gasteiger partial charge in [-0.05, 0) is 47.6 Å². The highest BCUT2D eigenvalue weighted by atomic mass is 35.5. The lowest BCUT2D eigenvalue weighted by Crippen LogP contribution is -1.90. The van der Waals surface area contributed by atoms with E-state index in [1.54, 1.807) is 0 Å². The Bertz CT molecular complexity index is 1160. The van der Waals surface area contributed by atoms with Gasteiger partial charge in [-0.25, -0.2) is 4.39 Å².